The van der Waals surface area contributed by atoms with Gasteiger partial charge in [-0.3, -0.25) is 4.79 Å². The van der Waals surface area contributed by atoms with Gasteiger partial charge in [-0.05, 0) is 53.5 Å². The average molecular weight is 501 g/mol. The zero-order chi connectivity index (χ0) is 25.2. The first-order chi connectivity index (χ1) is 17.0. The summed E-state index contributed by atoms with van der Waals surface area (Å²) in [6.45, 7) is 0.530. The first-order valence-electron chi connectivity index (χ1n) is 11.6. The number of fused-ring (bicyclic) bond motifs is 3. The highest BCUT2D eigenvalue weighted by atomic mass is 32.2. The monoisotopic (exact) mass is 500 g/mol. The number of nitrogens with one attached hydrogen (secondary N) is 2. The van der Waals surface area contributed by atoms with Gasteiger partial charge in [-0.2, -0.15) is 11.8 Å². The van der Waals surface area contributed by atoms with Crippen molar-refractivity contribution < 1.29 is 29.0 Å². The highest BCUT2D eigenvalue weighted by Gasteiger charge is 2.30. The molecule has 188 valence electrons. The number of rotatable bonds is 13. The molecule has 3 rings (SSSR count). The zero-order valence-corrected chi connectivity index (χ0v) is 20.8. The number of carboxylic acid groups (broad SMARTS) is 1. The largest absolute Gasteiger partial charge is 0.480 e. The van der Waals surface area contributed by atoms with Crippen LogP contribution in [0.4, 0.5) is 4.79 Å². The number of carboxylic acids is 1. The molecule has 0 radical (unpaired) electrons. The van der Waals surface area contributed by atoms with E-state index in [-0.39, 0.29) is 18.9 Å². The Morgan fingerprint density at radius 1 is 0.971 bits per heavy atom. The summed E-state index contributed by atoms with van der Waals surface area (Å²) in [7, 11) is 1.55. The van der Waals surface area contributed by atoms with Gasteiger partial charge in [0, 0.05) is 19.6 Å². The quantitative estimate of drug-likeness (QED) is 0.360. The Morgan fingerprint density at radius 2 is 1.60 bits per heavy atom. The van der Waals surface area contributed by atoms with Crippen molar-refractivity contribution in [2.75, 3.05) is 32.3 Å². The Kier molecular flexibility index (Phi) is 9.98. The number of benzene rings is 2. The maximum atomic E-state index is 12.8. The van der Waals surface area contributed by atoms with Crippen molar-refractivity contribution in [3.63, 3.8) is 0 Å². The molecule has 8 nitrogen and oxygen atoms in total. The first-order valence-corrected chi connectivity index (χ1v) is 13.0. The minimum atomic E-state index is -1.11. The molecule has 2 atom stereocenters. The molecule has 0 aliphatic heterocycles. The molecule has 0 bridgehead atoms. The summed E-state index contributed by atoms with van der Waals surface area (Å²) < 4.78 is 10.6. The third-order valence-electron chi connectivity index (χ3n) is 6.02. The number of alkyl carbamates (subject to hydrolysis) is 1. The minimum absolute atomic E-state index is 0.100. The van der Waals surface area contributed by atoms with E-state index in [1.807, 2.05) is 42.7 Å². The number of ether oxygens (including phenoxy) is 2. The van der Waals surface area contributed by atoms with Crippen LogP contribution in [0.2, 0.25) is 0 Å². The van der Waals surface area contributed by atoms with Crippen molar-refractivity contribution in [2.45, 2.75) is 37.3 Å². The summed E-state index contributed by atoms with van der Waals surface area (Å²) in [4.78, 5) is 37.1. The molecule has 1 aliphatic rings. The fourth-order valence-electron chi connectivity index (χ4n) is 4.25. The van der Waals surface area contributed by atoms with Crippen molar-refractivity contribution in [3.05, 3.63) is 59.7 Å². The fraction of sp³-hybridized carbons (Fsp3) is 0.423. The van der Waals surface area contributed by atoms with Crippen molar-refractivity contribution in [3.8, 4) is 11.1 Å². The molecule has 1 aliphatic carbocycles. The zero-order valence-electron chi connectivity index (χ0n) is 20.0. The molecule has 0 fully saturated rings. The number of hydrogen-bond donors (Lipinski definition) is 3. The van der Waals surface area contributed by atoms with E-state index < -0.39 is 30.1 Å². The topological polar surface area (TPSA) is 114 Å². The van der Waals surface area contributed by atoms with E-state index in [9.17, 15) is 19.5 Å². The van der Waals surface area contributed by atoms with Crippen LogP contribution in [0, 0.1) is 0 Å². The van der Waals surface area contributed by atoms with Gasteiger partial charge in [0.25, 0.3) is 0 Å². The molecule has 0 heterocycles. The second-order valence-electron chi connectivity index (χ2n) is 8.34. The van der Waals surface area contributed by atoms with Crippen molar-refractivity contribution in [1.29, 1.82) is 0 Å². The van der Waals surface area contributed by atoms with Crippen molar-refractivity contribution in [2.24, 2.45) is 0 Å². The number of carbonyl (C=O) groups excluding carboxylic acids is 2. The molecule has 2 amide bonds. The standard InChI is InChI=1S/C26H32N2O6S/c1-33-14-7-12-22(24(29)27-23(25(30)31)13-15-35-2)28-26(32)34-16-21-19-10-5-3-8-17(19)18-9-4-6-11-20(18)21/h3-6,8-11,21-23H,7,12-16H2,1-2H3,(H,27,29)(H,28,32)(H,30,31). The van der Waals surface area contributed by atoms with Gasteiger partial charge in [0.05, 0.1) is 0 Å². The summed E-state index contributed by atoms with van der Waals surface area (Å²) in [5.74, 6) is -1.17. The number of hydrogen-bond acceptors (Lipinski definition) is 6. The number of carbonyl (C=O) groups is 3. The van der Waals surface area contributed by atoms with E-state index in [2.05, 4.69) is 22.8 Å². The van der Waals surface area contributed by atoms with Gasteiger partial charge in [-0.25, -0.2) is 9.59 Å². The lowest BCUT2D eigenvalue weighted by Gasteiger charge is -2.22. The minimum Gasteiger partial charge on any atom is -0.480 e. The number of thioether (sulfide) groups is 1. The van der Waals surface area contributed by atoms with Gasteiger partial charge in [-0.15, -0.1) is 0 Å². The summed E-state index contributed by atoms with van der Waals surface area (Å²) in [6, 6.07) is 14.1. The van der Waals surface area contributed by atoms with Gasteiger partial charge < -0.3 is 25.2 Å². The number of aliphatic carboxylic acids is 1. The van der Waals surface area contributed by atoms with Crippen LogP contribution >= 0.6 is 11.8 Å². The van der Waals surface area contributed by atoms with Gasteiger partial charge in [0.2, 0.25) is 5.91 Å². The maximum Gasteiger partial charge on any atom is 0.407 e. The summed E-state index contributed by atoms with van der Waals surface area (Å²) in [5, 5.41) is 14.6. The maximum absolute atomic E-state index is 12.8. The van der Waals surface area contributed by atoms with Crippen LogP contribution < -0.4 is 10.6 Å². The second kappa shape index (κ2) is 13.2. The Labute approximate surface area is 209 Å². The molecule has 0 saturated heterocycles. The predicted octanol–water partition coefficient (Wildman–Crippen LogP) is 3.64. The molecule has 9 heteroatoms. The van der Waals surface area contributed by atoms with Gasteiger partial charge in [-0.1, -0.05) is 48.5 Å². The van der Waals surface area contributed by atoms with Crippen LogP contribution in [0.3, 0.4) is 0 Å². The fourth-order valence-corrected chi connectivity index (χ4v) is 4.72. The van der Waals surface area contributed by atoms with E-state index in [0.717, 1.165) is 22.3 Å². The van der Waals surface area contributed by atoms with Crippen LogP contribution in [0.5, 0.6) is 0 Å². The van der Waals surface area contributed by atoms with Crippen LogP contribution in [0.1, 0.15) is 36.3 Å². The average Bonchev–Trinajstić information content (AvgIpc) is 3.18. The van der Waals surface area contributed by atoms with E-state index in [1.165, 1.54) is 11.8 Å². The Hall–Kier alpha value is -3.04. The second-order valence-corrected chi connectivity index (χ2v) is 9.32. The number of methoxy groups -OCH3 is 1. The Morgan fingerprint density at radius 3 is 2.17 bits per heavy atom. The van der Waals surface area contributed by atoms with Crippen LogP contribution in [0.15, 0.2) is 48.5 Å². The predicted molar refractivity (Wildman–Crippen MR) is 136 cm³/mol. The summed E-state index contributed by atoms with van der Waals surface area (Å²) in [6.07, 6.45) is 2.24. The third-order valence-corrected chi connectivity index (χ3v) is 6.66. The highest BCUT2D eigenvalue weighted by Crippen LogP contribution is 2.44. The van der Waals surface area contributed by atoms with E-state index in [4.69, 9.17) is 9.47 Å². The van der Waals surface area contributed by atoms with Crippen molar-refractivity contribution >= 4 is 29.7 Å². The van der Waals surface area contributed by atoms with Gasteiger partial charge >= 0.3 is 12.1 Å². The molecular formula is C26H32N2O6S. The summed E-state index contributed by atoms with van der Waals surface area (Å²) in [5.41, 5.74) is 4.43. The lowest BCUT2D eigenvalue weighted by atomic mass is 9.98. The Bertz CT molecular complexity index is 985. The highest BCUT2D eigenvalue weighted by molar-refractivity contribution is 7.98. The van der Waals surface area contributed by atoms with Gasteiger partial charge in [0.1, 0.15) is 18.7 Å². The van der Waals surface area contributed by atoms with Crippen LogP contribution in [0.25, 0.3) is 11.1 Å². The molecule has 0 saturated carbocycles. The lowest BCUT2D eigenvalue weighted by Crippen LogP contribution is -2.52. The third kappa shape index (κ3) is 6.99. The van der Waals surface area contributed by atoms with E-state index in [0.29, 0.717) is 25.2 Å². The Balaban J connectivity index is 1.64. The smallest absolute Gasteiger partial charge is 0.407 e. The van der Waals surface area contributed by atoms with Crippen molar-refractivity contribution in [1.82, 2.24) is 10.6 Å². The van der Waals surface area contributed by atoms with Crippen LogP contribution in [-0.2, 0) is 19.1 Å². The molecule has 0 spiro atoms. The van der Waals surface area contributed by atoms with Crippen LogP contribution in [-0.4, -0.2) is 67.5 Å². The van der Waals surface area contributed by atoms with Gasteiger partial charge in [0.15, 0.2) is 0 Å². The SMILES string of the molecule is COCCCC(NC(=O)OCC1c2ccccc2-c2ccccc21)C(=O)NC(CCSC)C(=O)O. The molecule has 35 heavy (non-hydrogen) atoms. The summed E-state index contributed by atoms with van der Waals surface area (Å²) >= 11 is 1.50. The lowest BCUT2D eigenvalue weighted by molar-refractivity contribution is -0.142. The normalized spacial score (nSPS) is 13.9. The molecular weight excluding hydrogens is 468 g/mol. The molecule has 3 N–H and O–H groups in total. The molecule has 2 aromatic rings. The molecule has 2 aromatic carbocycles. The molecule has 2 unspecified atom stereocenters. The van der Waals surface area contributed by atoms with E-state index >= 15 is 0 Å². The van der Waals surface area contributed by atoms with E-state index in [1.54, 1.807) is 7.11 Å². The molecule has 0 aromatic heterocycles. The first kappa shape index (κ1) is 26.6. The number of amides is 2.